The van der Waals surface area contributed by atoms with Crippen molar-refractivity contribution >= 4 is 24.0 Å². The fourth-order valence-electron chi connectivity index (χ4n) is 2.59. The van der Waals surface area contributed by atoms with Gasteiger partial charge >= 0.3 is 0 Å². The first-order valence-corrected chi connectivity index (χ1v) is 6.61. The molecule has 2 rings (SSSR count). The van der Waals surface area contributed by atoms with Crippen LogP contribution >= 0.6 is 12.4 Å². The summed E-state index contributed by atoms with van der Waals surface area (Å²) in [7, 11) is 0. The van der Waals surface area contributed by atoms with Crippen LogP contribution in [-0.4, -0.2) is 35.4 Å². The van der Waals surface area contributed by atoms with Gasteiger partial charge in [0.05, 0.1) is 4.92 Å². The van der Waals surface area contributed by atoms with E-state index >= 15 is 0 Å². The predicted octanol–water partition coefficient (Wildman–Crippen LogP) is 2.14. The molecular weight excluding hydrogens is 294 g/mol. The van der Waals surface area contributed by atoms with Gasteiger partial charge in [0.15, 0.2) is 0 Å². The summed E-state index contributed by atoms with van der Waals surface area (Å²) in [5, 5.41) is 10.9. The maximum Gasteiger partial charge on any atom is 0.273 e. The van der Waals surface area contributed by atoms with Crippen molar-refractivity contribution in [3.05, 3.63) is 39.4 Å². The van der Waals surface area contributed by atoms with E-state index in [1.807, 2.05) is 0 Å². The number of carbonyl (C=O) groups excluding carboxylic acids is 1. The zero-order chi connectivity index (χ0) is 14.9. The fourth-order valence-corrected chi connectivity index (χ4v) is 2.59. The first kappa shape index (κ1) is 17.4. The van der Waals surface area contributed by atoms with Crippen LogP contribution in [0.5, 0.6) is 0 Å². The minimum atomic E-state index is -0.458. The van der Waals surface area contributed by atoms with Crippen LogP contribution in [0.1, 0.15) is 29.3 Å². The van der Waals surface area contributed by atoms with Gasteiger partial charge in [-0.25, -0.2) is 0 Å². The lowest BCUT2D eigenvalue weighted by molar-refractivity contribution is -0.385. The SMILES string of the molecule is Cc1c(C(=O)N2CCC(C)(CN)C2)cccc1[N+](=O)[O-].Cl. The molecule has 7 heteroatoms. The van der Waals surface area contributed by atoms with Crippen molar-refractivity contribution in [1.82, 2.24) is 4.90 Å². The minimum Gasteiger partial charge on any atom is -0.338 e. The lowest BCUT2D eigenvalue weighted by atomic mass is 9.90. The molecule has 1 aliphatic rings. The van der Waals surface area contributed by atoms with Gasteiger partial charge in [-0.05, 0) is 31.4 Å². The maximum atomic E-state index is 12.5. The third kappa shape index (κ3) is 3.33. The Morgan fingerprint density at radius 2 is 2.19 bits per heavy atom. The van der Waals surface area contributed by atoms with E-state index in [9.17, 15) is 14.9 Å². The molecule has 0 aliphatic carbocycles. The Kier molecular flexibility index (Phi) is 5.31. The van der Waals surface area contributed by atoms with E-state index < -0.39 is 4.92 Å². The molecule has 1 fully saturated rings. The fraction of sp³-hybridized carbons (Fsp3) is 0.500. The highest BCUT2D eigenvalue weighted by Crippen LogP contribution is 2.31. The van der Waals surface area contributed by atoms with Crippen molar-refractivity contribution in [3.63, 3.8) is 0 Å². The van der Waals surface area contributed by atoms with E-state index in [-0.39, 0.29) is 29.4 Å². The van der Waals surface area contributed by atoms with Gasteiger partial charge in [-0.1, -0.05) is 13.0 Å². The zero-order valence-corrected chi connectivity index (χ0v) is 13.0. The highest BCUT2D eigenvalue weighted by Gasteiger charge is 2.36. The van der Waals surface area contributed by atoms with E-state index in [1.165, 1.54) is 6.07 Å². The molecule has 116 valence electrons. The molecule has 0 aromatic heterocycles. The summed E-state index contributed by atoms with van der Waals surface area (Å²) in [6.07, 6.45) is 0.864. The van der Waals surface area contributed by atoms with Crippen LogP contribution in [0, 0.1) is 22.5 Å². The minimum absolute atomic E-state index is 0. The Labute approximate surface area is 129 Å². The molecule has 1 aliphatic heterocycles. The quantitative estimate of drug-likeness (QED) is 0.684. The molecule has 1 atom stereocenters. The molecular formula is C14H20ClN3O3. The molecule has 21 heavy (non-hydrogen) atoms. The summed E-state index contributed by atoms with van der Waals surface area (Å²) in [5.41, 5.74) is 6.49. The van der Waals surface area contributed by atoms with Gasteiger partial charge in [0.1, 0.15) is 0 Å². The number of nitrogens with two attached hydrogens (primary N) is 1. The Hall–Kier alpha value is -1.66. The lowest BCUT2D eigenvalue weighted by Crippen LogP contribution is -2.34. The highest BCUT2D eigenvalue weighted by molar-refractivity contribution is 5.96. The van der Waals surface area contributed by atoms with Crippen molar-refractivity contribution in [2.24, 2.45) is 11.1 Å². The van der Waals surface area contributed by atoms with E-state index in [2.05, 4.69) is 6.92 Å². The number of likely N-dealkylation sites (tertiary alicyclic amines) is 1. The van der Waals surface area contributed by atoms with Crippen molar-refractivity contribution in [2.75, 3.05) is 19.6 Å². The molecule has 0 spiro atoms. The number of nitro groups is 1. The first-order valence-electron chi connectivity index (χ1n) is 6.61. The Balaban J connectivity index is 0.00000220. The number of nitro benzene ring substituents is 1. The number of amides is 1. The molecule has 1 aromatic carbocycles. The van der Waals surface area contributed by atoms with Crippen molar-refractivity contribution in [1.29, 1.82) is 0 Å². The molecule has 2 N–H and O–H groups in total. The first-order chi connectivity index (χ1) is 9.38. The van der Waals surface area contributed by atoms with Crippen molar-refractivity contribution < 1.29 is 9.72 Å². The number of nitrogens with zero attached hydrogens (tertiary/aromatic N) is 2. The highest BCUT2D eigenvalue weighted by atomic mass is 35.5. The normalized spacial score (nSPS) is 21.0. The third-order valence-electron chi connectivity index (χ3n) is 4.07. The average molecular weight is 314 g/mol. The molecule has 0 radical (unpaired) electrons. The number of benzene rings is 1. The summed E-state index contributed by atoms with van der Waals surface area (Å²) in [5.74, 6) is -0.150. The topological polar surface area (TPSA) is 89.5 Å². The summed E-state index contributed by atoms with van der Waals surface area (Å²) in [6.45, 7) is 5.45. The molecule has 0 bridgehead atoms. The molecule has 0 saturated carbocycles. The second kappa shape index (κ2) is 6.41. The summed E-state index contributed by atoms with van der Waals surface area (Å²) in [6, 6.07) is 4.61. The van der Waals surface area contributed by atoms with Gasteiger partial charge < -0.3 is 10.6 Å². The van der Waals surface area contributed by atoms with E-state index in [0.717, 1.165) is 6.42 Å². The number of hydrogen-bond acceptors (Lipinski definition) is 4. The molecule has 1 heterocycles. The van der Waals surface area contributed by atoms with Gasteiger partial charge in [0.2, 0.25) is 0 Å². The van der Waals surface area contributed by atoms with Crippen LogP contribution in [-0.2, 0) is 0 Å². The molecule has 1 unspecified atom stereocenters. The number of hydrogen-bond donors (Lipinski definition) is 1. The summed E-state index contributed by atoms with van der Waals surface area (Å²) < 4.78 is 0. The Bertz CT molecular complexity index is 564. The molecule has 6 nitrogen and oxygen atoms in total. The van der Waals surface area contributed by atoms with E-state index in [4.69, 9.17) is 5.73 Å². The van der Waals surface area contributed by atoms with Gasteiger partial charge in [0.25, 0.3) is 11.6 Å². The molecule has 1 amide bonds. The lowest BCUT2D eigenvalue weighted by Gasteiger charge is -2.23. The standard InChI is InChI=1S/C14H19N3O3.ClH/c1-10-11(4-3-5-12(10)17(19)20)13(18)16-7-6-14(2,8-15)9-16;/h3-5H,6-9,15H2,1-2H3;1H. The molecule has 1 aromatic rings. The van der Waals surface area contributed by atoms with Crippen LogP contribution in [0.15, 0.2) is 18.2 Å². The van der Waals surface area contributed by atoms with Crippen LogP contribution < -0.4 is 5.73 Å². The number of halogens is 1. The number of carbonyl (C=O) groups is 1. The van der Waals surface area contributed by atoms with Gasteiger partial charge in [0, 0.05) is 30.3 Å². The van der Waals surface area contributed by atoms with E-state index in [1.54, 1.807) is 24.0 Å². The molecule has 1 saturated heterocycles. The van der Waals surface area contributed by atoms with Gasteiger partial charge in [-0.2, -0.15) is 0 Å². The number of rotatable bonds is 3. The second-order valence-electron chi connectivity index (χ2n) is 5.70. The average Bonchev–Trinajstić information content (AvgIpc) is 2.81. The largest absolute Gasteiger partial charge is 0.338 e. The smallest absolute Gasteiger partial charge is 0.273 e. The maximum absolute atomic E-state index is 12.5. The summed E-state index contributed by atoms with van der Waals surface area (Å²) in [4.78, 5) is 24.7. The van der Waals surface area contributed by atoms with Crippen molar-refractivity contribution in [2.45, 2.75) is 20.3 Å². The Morgan fingerprint density at radius 1 is 1.52 bits per heavy atom. The second-order valence-corrected chi connectivity index (χ2v) is 5.70. The monoisotopic (exact) mass is 313 g/mol. The van der Waals surface area contributed by atoms with Crippen LogP contribution in [0.25, 0.3) is 0 Å². The zero-order valence-electron chi connectivity index (χ0n) is 12.2. The third-order valence-corrected chi connectivity index (χ3v) is 4.07. The predicted molar refractivity (Wildman–Crippen MR) is 82.8 cm³/mol. The van der Waals surface area contributed by atoms with Crippen LogP contribution in [0.2, 0.25) is 0 Å². The van der Waals surface area contributed by atoms with Crippen LogP contribution in [0.3, 0.4) is 0 Å². The van der Waals surface area contributed by atoms with Crippen molar-refractivity contribution in [3.8, 4) is 0 Å². The Morgan fingerprint density at radius 3 is 2.71 bits per heavy atom. The van der Waals surface area contributed by atoms with Gasteiger partial charge in [-0.15, -0.1) is 12.4 Å². The van der Waals surface area contributed by atoms with Gasteiger partial charge in [-0.3, -0.25) is 14.9 Å². The summed E-state index contributed by atoms with van der Waals surface area (Å²) >= 11 is 0. The van der Waals surface area contributed by atoms with E-state index in [0.29, 0.717) is 30.8 Å². The van der Waals surface area contributed by atoms with Crippen LogP contribution in [0.4, 0.5) is 5.69 Å².